The quantitative estimate of drug-likeness (QED) is 0.212. The number of piperidine rings is 1. The first-order chi connectivity index (χ1) is 17.9. The summed E-state index contributed by atoms with van der Waals surface area (Å²) in [4.78, 5) is 8.31. The molecule has 0 saturated carbocycles. The second kappa shape index (κ2) is 9.25. The highest BCUT2D eigenvalue weighted by atomic mass is 35.5. The molecule has 0 amide bonds. The van der Waals surface area contributed by atoms with Crippen molar-refractivity contribution in [2.24, 2.45) is 16.0 Å². The number of benzene rings is 3. The topological polar surface area (TPSA) is 84.8 Å². The Bertz CT molecular complexity index is 1550. The predicted molar refractivity (Wildman–Crippen MR) is 147 cm³/mol. The second-order valence-electron chi connectivity index (χ2n) is 9.93. The van der Waals surface area contributed by atoms with Gasteiger partial charge in [0.2, 0.25) is 0 Å². The molecular formula is C29H28ClN5O2. The molecule has 1 aromatic heterocycles. The van der Waals surface area contributed by atoms with Crippen molar-refractivity contribution in [1.82, 2.24) is 4.98 Å². The molecule has 2 aliphatic heterocycles. The number of aromatic amines is 1. The van der Waals surface area contributed by atoms with Crippen LogP contribution in [0, 0.1) is 5.92 Å². The van der Waals surface area contributed by atoms with Crippen molar-refractivity contribution in [3.8, 4) is 5.75 Å². The van der Waals surface area contributed by atoms with Crippen LogP contribution >= 0.6 is 11.6 Å². The van der Waals surface area contributed by atoms with Crippen molar-refractivity contribution in [2.75, 3.05) is 32.6 Å². The van der Waals surface area contributed by atoms with E-state index < -0.39 is 0 Å². The minimum absolute atomic E-state index is 0.235. The first-order valence-electron chi connectivity index (χ1n) is 12.4. The fraction of sp³-hybridized carbons (Fsp3) is 0.241. The van der Waals surface area contributed by atoms with Crippen LogP contribution in [0.4, 0.5) is 17.1 Å². The van der Waals surface area contributed by atoms with Gasteiger partial charge in [0.25, 0.3) is 0 Å². The second-order valence-corrected chi connectivity index (χ2v) is 10.4. The van der Waals surface area contributed by atoms with Crippen molar-refractivity contribution >= 4 is 51.2 Å². The molecule has 0 aliphatic carbocycles. The van der Waals surface area contributed by atoms with Gasteiger partial charge in [0, 0.05) is 45.9 Å². The van der Waals surface area contributed by atoms with Crippen molar-refractivity contribution in [2.45, 2.75) is 12.8 Å². The molecule has 1 saturated heterocycles. The molecule has 37 heavy (non-hydrogen) atoms. The molecule has 0 radical (unpaired) electrons. The highest BCUT2D eigenvalue weighted by Gasteiger charge is 2.34. The molecule has 2 N–H and O–H groups in total. The largest absolute Gasteiger partial charge is 0.854 e. The lowest BCUT2D eigenvalue weighted by Crippen LogP contribution is -2.48. The third-order valence-corrected chi connectivity index (χ3v) is 7.60. The molecule has 1 fully saturated rings. The fourth-order valence-corrected chi connectivity index (χ4v) is 5.45. The lowest BCUT2D eigenvalue weighted by Gasteiger charge is -2.37. The molecule has 2 aliphatic rings. The van der Waals surface area contributed by atoms with E-state index in [0.717, 1.165) is 70.9 Å². The van der Waals surface area contributed by atoms with Crippen LogP contribution in [0.1, 0.15) is 24.1 Å². The van der Waals surface area contributed by atoms with Gasteiger partial charge in [-0.1, -0.05) is 34.9 Å². The van der Waals surface area contributed by atoms with E-state index in [0.29, 0.717) is 15.3 Å². The number of anilines is 2. The van der Waals surface area contributed by atoms with Crippen molar-refractivity contribution < 1.29 is 14.4 Å². The summed E-state index contributed by atoms with van der Waals surface area (Å²) in [5, 5.41) is 22.9. The smallest absolute Gasteiger partial charge is 0.119 e. The van der Waals surface area contributed by atoms with Crippen LogP contribution in [0.3, 0.4) is 0 Å². The number of hydrogen-bond acceptors (Lipinski definition) is 5. The number of hydrogen-bond donors (Lipinski definition) is 2. The number of ether oxygens (including phenoxy) is 1. The molecule has 3 heterocycles. The number of aromatic nitrogens is 1. The van der Waals surface area contributed by atoms with E-state index >= 15 is 0 Å². The number of methoxy groups -OCH3 is 1. The average molecular weight is 514 g/mol. The van der Waals surface area contributed by atoms with Gasteiger partial charge in [0.1, 0.15) is 18.8 Å². The standard InChI is InChI=1S/C29H28ClN5O2/c1-35(34-29(36)27-16-19-15-21(37-2)8-10-23(19)31-27)13-11-18(12-14-35)28-22-5-3-4-6-24(22)32-25-9-7-20(30)17-26(25)33-28/h3-10,15-18H,11-14H2,1-2H3,(H2-,31,32,33,34,36). The van der Waals surface area contributed by atoms with E-state index in [1.165, 1.54) is 0 Å². The van der Waals surface area contributed by atoms with E-state index in [1.807, 2.05) is 61.6 Å². The predicted octanol–water partition coefficient (Wildman–Crippen LogP) is 5.59. The zero-order valence-electron chi connectivity index (χ0n) is 20.8. The van der Waals surface area contributed by atoms with Gasteiger partial charge >= 0.3 is 0 Å². The molecule has 7 nitrogen and oxygen atoms in total. The average Bonchev–Trinajstić information content (AvgIpc) is 3.26. The van der Waals surface area contributed by atoms with Gasteiger partial charge in [-0.2, -0.15) is 0 Å². The number of likely N-dealkylation sites (tertiary alicyclic amines) is 1. The highest BCUT2D eigenvalue weighted by molar-refractivity contribution is 6.31. The summed E-state index contributed by atoms with van der Waals surface area (Å²) in [7, 11) is 3.66. The van der Waals surface area contributed by atoms with E-state index in [-0.39, 0.29) is 11.8 Å². The summed E-state index contributed by atoms with van der Waals surface area (Å²) in [5.41, 5.74) is 6.38. The van der Waals surface area contributed by atoms with E-state index in [9.17, 15) is 5.11 Å². The molecule has 0 spiro atoms. The molecule has 188 valence electrons. The Morgan fingerprint density at radius 3 is 2.68 bits per heavy atom. The van der Waals surface area contributed by atoms with E-state index in [1.54, 1.807) is 7.11 Å². The number of H-pyrrole nitrogens is 1. The van der Waals surface area contributed by atoms with Crippen LogP contribution in [0.2, 0.25) is 5.02 Å². The Morgan fingerprint density at radius 1 is 1.05 bits per heavy atom. The van der Waals surface area contributed by atoms with Gasteiger partial charge in [-0.3, -0.25) is 4.99 Å². The Morgan fingerprint density at radius 2 is 1.86 bits per heavy atom. The monoisotopic (exact) mass is 513 g/mol. The van der Waals surface area contributed by atoms with E-state index in [4.69, 9.17) is 21.3 Å². The Kier molecular flexibility index (Phi) is 5.89. The van der Waals surface area contributed by atoms with Crippen LogP contribution in [0.5, 0.6) is 5.75 Å². The zero-order valence-corrected chi connectivity index (χ0v) is 21.5. The van der Waals surface area contributed by atoms with Crippen LogP contribution in [0.25, 0.3) is 10.9 Å². The van der Waals surface area contributed by atoms with E-state index in [2.05, 4.69) is 27.5 Å². The summed E-state index contributed by atoms with van der Waals surface area (Å²) < 4.78 is 5.65. The fourth-order valence-electron chi connectivity index (χ4n) is 5.29. The normalized spacial score (nSPS) is 21.4. The summed E-state index contributed by atoms with van der Waals surface area (Å²) in [6.07, 6.45) is 1.75. The van der Waals surface area contributed by atoms with Crippen LogP contribution in [0.15, 0.2) is 76.8 Å². The van der Waals surface area contributed by atoms with Crippen molar-refractivity contribution in [3.63, 3.8) is 0 Å². The molecule has 6 rings (SSSR count). The molecule has 8 heteroatoms. The minimum atomic E-state index is -0.235. The third kappa shape index (κ3) is 4.56. The van der Waals surface area contributed by atoms with Crippen LogP contribution in [-0.2, 0) is 0 Å². The summed E-state index contributed by atoms with van der Waals surface area (Å²) in [5.74, 6) is 0.776. The SMILES string of the molecule is COc1ccc2[nH]c(/C([O-])=N/[N+]3(C)CCC(C4=Nc5cc(Cl)ccc5Nc5ccccc54)CC3)cc2c1. The maximum absolute atomic E-state index is 13.1. The lowest BCUT2D eigenvalue weighted by molar-refractivity contribution is -0.922. The number of halogens is 1. The third-order valence-electron chi connectivity index (χ3n) is 7.37. The van der Waals surface area contributed by atoms with Gasteiger partial charge in [-0.25, -0.2) is 4.59 Å². The number of aliphatic imine (C=N–C) groups is 1. The first kappa shape index (κ1) is 23.6. The number of nitrogens with zero attached hydrogens (tertiary/aromatic N) is 3. The van der Waals surface area contributed by atoms with Crippen molar-refractivity contribution in [1.29, 1.82) is 0 Å². The van der Waals surface area contributed by atoms with Crippen molar-refractivity contribution in [3.05, 3.63) is 83.0 Å². The number of rotatable bonds is 4. The lowest BCUT2D eigenvalue weighted by atomic mass is 9.87. The Labute approximate surface area is 220 Å². The molecule has 0 atom stereocenters. The number of quaternary nitrogens is 1. The molecular weight excluding hydrogens is 486 g/mol. The highest BCUT2D eigenvalue weighted by Crippen LogP contribution is 2.39. The summed E-state index contributed by atoms with van der Waals surface area (Å²) in [6, 6.07) is 21.6. The van der Waals surface area contributed by atoms with Crippen LogP contribution < -0.4 is 15.2 Å². The minimum Gasteiger partial charge on any atom is -0.854 e. The maximum atomic E-state index is 13.1. The van der Waals surface area contributed by atoms with Gasteiger partial charge in [0.05, 0.1) is 42.8 Å². The molecule has 4 aromatic rings. The maximum Gasteiger partial charge on any atom is 0.119 e. The van der Waals surface area contributed by atoms with Gasteiger partial charge in [0.15, 0.2) is 0 Å². The Balaban J connectivity index is 1.26. The molecule has 0 unspecified atom stereocenters. The Hall–Kier alpha value is -3.81. The first-order valence-corrected chi connectivity index (χ1v) is 12.8. The number of nitrogens with one attached hydrogen (secondary N) is 2. The van der Waals surface area contributed by atoms with Gasteiger partial charge in [-0.15, -0.1) is 0 Å². The number of fused-ring (bicyclic) bond motifs is 3. The van der Waals surface area contributed by atoms with Crippen LogP contribution in [-0.4, -0.2) is 48.4 Å². The molecule has 0 bridgehead atoms. The summed E-state index contributed by atoms with van der Waals surface area (Å²) >= 11 is 6.30. The van der Waals surface area contributed by atoms with Gasteiger partial charge in [-0.05, 0) is 48.5 Å². The number of para-hydroxylation sites is 1. The zero-order chi connectivity index (χ0) is 25.6. The summed E-state index contributed by atoms with van der Waals surface area (Å²) in [6.45, 7) is 1.50. The molecule has 3 aromatic carbocycles. The van der Waals surface area contributed by atoms with Gasteiger partial charge < -0.3 is 20.1 Å².